The van der Waals surface area contributed by atoms with Gasteiger partial charge in [-0.2, -0.15) is 0 Å². The van der Waals surface area contributed by atoms with Crippen molar-refractivity contribution >= 4 is 23.1 Å². The fourth-order valence-electron chi connectivity index (χ4n) is 2.23. The normalized spacial score (nSPS) is 11.0. The van der Waals surface area contributed by atoms with Crippen LogP contribution in [0.2, 0.25) is 0 Å². The number of aromatic nitrogens is 4. The maximum atomic E-state index is 4.75. The number of nitrogens with zero attached hydrogens (tertiary/aromatic N) is 4. The zero-order valence-electron chi connectivity index (χ0n) is 12.9. The molecule has 0 unspecified atom stereocenters. The lowest BCUT2D eigenvalue weighted by atomic mass is 10.1. The lowest BCUT2D eigenvalue weighted by Gasteiger charge is -2.01. The van der Waals surface area contributed by atoms with Gasteiger partial charge in [-0.15, -0.1) is 21.5 Å². The van der Waals surface area contributed by atoms with Crippen LogP contribution in [0.1, 0.15) is 24.0 Å². The zero-order valence-corrected chi connectivity index (χ0v) is 14.5. The summed E-state index contributed by atoms with van der Waals surface area (Å²) in [6.45, 7) is 4.21. The SMILES string of the molecule is CCc1nnc(SCc2csc(-c3ccccc3C)n2)n1C. The summed E-state index contributed by atoms with van der Waals surface area (Å²) in [7, 11) is 2.01. The molecular weight excluding hydrogens is 312 g/mol. The number of hydrogen-bond acceptors (Lipinski definition) is 5. The molecule has 22 heavy (non-hydrogen) atoms. The number of aryl methyl sites for hydroxylation is 2. The Morgan fingerprint density at radius 1 is 1.23 bits per heavy atom. The van der Waals surface area contributed by atoms with Gasteiger partial charge < -0.3 is 4.57 Å². The molecule has 3 aromatic rings. The van der Waals surface area contributed by atoms with Crippen LogP contribution in [0.5, 0.6) is 0 Å². The van der Waals surface area contributed by atoms with Gasteiger partial charge in [0.05, 0.1) is 5.69 Å². The molecule has 0 aliphatic rings. The molecule has 0 fully saturated rings. The van der Waals surface area contributed by atoms with Crippen LogP contribution in [0, 0.1) is 6.92 Å². The molecule has 4 nitrogen and oxygen atoms in total. The highest BCUT2D eigenvalue weighted by atomic mass is 32.2. The van der Waals surface area contributed by atoms with E-state index >= 15 is 0 Å². The van der Waals surface area contributed by atoms with Crippen molar-refractivity contribution in [2.75, 3.05) is 0 Å². The van der Waals surface area contributed by atoms with Crippen LogP contribution in [-0.4, -0.2) is 19.7 Å². The van der Waals surface area contributed by atoms with Crippen molar-refractivity contribution in [3.63, 3.8) is 0 Å². The van der Waals surface area contributed by atoms with Crippen LogP contribution < -0.4 is 0 Å². The maximum Gasteiger partial charge on any atom is 0.191 e. The lowest BCUT2D eigenvalue weighted by Crippen LogP contribution is -1.97. The second-order valence-corrected chi connectivity index (χ2v) is 6.86. The molecule has 0 aliphatic carbocycles. The van der Waals surface area contributed by atoms with Gasteiger partial charge in [0.1, 0.15) is 10.8 Å². The summed E-state index contributed by atoms with van der Waals surface area (Å²) in [4.78, 5) is 4.75. The van der Waals surface area contributed by atoms with E-state index in [4.69, 9.17) is 4.98 Å². The summed E-state index contributed by atoms with van der Waals surface area (Å²) in [5.41, 5.74) is 3.57. The monoisotopic (exact) mass is 330 g/mol. The Labute approximate surface area is 138 Å². The Morgan fingerprint density at radius 2 is 2.05 bits per heavy atom. The molecule has 0 saturated carbocycles. The van der Waals surface area contributed by atoms with E-state index in [1.807, 2.05) is 7.05 Å². The molecule has 0 N–H and O–H groups in total. The van der Waals surface area contributed by atoms with E-state index in [9.17, 15) is 0 Å². The number of benzene rings is 1. The molecule has 0 atom stereocenters. The third-order valence-corrected chi connectivity index (χ3v) is 5.50. The Bertz CT molecular complexity index is 776. The van der Waals surface area contributed by atoms with Gasteiger partial charge >= 0.3 is 0 Å². The molecule has 0 amide bonds. The highest BCUT2D eigenvalue weighted by Gasteiger charge is 2.10. The molecule has 6 heteroatoms. The summed E-state index contributed by atoms with van der Waals surface area (Å²) in [5.74, 6) is 1.83. The number of hydrogen-bond donors (Lipinski definition) is 0. The van der Waals surface area contributed by atoms with Crippen molar-refractivity contribution in [3.8, 4) is 10.6 Å². The van der Waals surface area contributed by atoms with E-state index in [-0.39, 0.29) is 0 Å². The van der Waals surface area contributed by atoms with Crippen molar-refractivity contribution in [1.29, 1.82) is 0 Å². The number of thioether (sulfide) groups is 1. The molecule has 0 bridgehead atoms. The molecule has 3 rings (SSSR count). The first-order valence-electron chi connectivity index (χ1n) is 7.20. The molecular formula is C16H18N4S2. The van der Waals surface area contributed by atoms with E-state index in [0.29, 0.717) is 0 Å². The zero-order chi connectivity index (χ0) is 15.5. The Kier molecular flexibility index (Phi) is 4.59. The standard InChI is InChI=1S/C16H18N4S2/c1-4-14-18-19-16(20(14)3)22-10-12-9-21-15(17-12)13-8-6-5-7-11(13)2/h5-9H,4,10H2,1-3H3. The first-order valence-corrected chi connectivity index (χ1v) is 9.07. The van der Waals surface area contributed by atoms with Gasteiger partial charge in [-0.3, -0.25) is 0 Å². The van der Waals surface area contributed by atoms with Crippen LogP contribution >= 0.6 is 23.1 Å². The molecule has 2 heterocycles. The summed E-state index contributed by atoms with van der Waals surface area (Å²) in [6.07, 6.45) is 0.901. The quantitative estimate of drug-likeness (QED) is 0.661. The fraction of sp³-hybridized carbons (Fsp3) is 0.312. The van der Waals surface area contributed by atoms with E-state index in [2.05, 4.69) is 58.3 Å². The second-order valence-electron chi connectivity index (χ2n) is 5.06. The first-order chi connectivity index (χ1) is 10.7. The van der Waals surface area contributed by atoms with Crippen molar-refractivity contribution in [2.24, 2.45) is 7.05 Å². The van der Waals surface area contributed by atoms with Gasteiger partial charge in [0, 0.05) is 30.2 Å². The molecule has 0 aliphatic heterocycles. The summed E-state index contributed by atoms with van der Waals surface area (Å²) in [6, 6.07) is 8.37. The smallest absolute Gasteiger partial charge is 0.191 e. The van der Waals surface area contributed by atoms with Crippen LogP contribution in [0.15, 0.2) is 34.8 Å². The highest BCUT2D eigenvalue weighted by molar-refractivity contribution is 7.98. The van der Waals surface area contributed by atoms with E-state index < -0.39 is 0 Å². The Hall–Kier alpha value is -1.66. The predicted molar refractivity (Wildman–Crippen MR) is 92.2 cm³/mol. The van der Waals surface area contributed by atoms with Crippen molar-refractivity contribution in [2.45, 2.75) is 31.2 Å². The summed E-state index contributed by atoms with van der Waals surface area (Å²) >= 11 is 3.38. The van der Waals surface area contributed by atoms with Gasteiger partial charge in [-0.05, 0) is 12.5 Å². The van der Waals surface area contributed by atoms with E-state index in [0.717, 1.165) is 33.9 Å². The first kappa shape index (κ1) is 15.2. The van der Waals surface area contributed by atoms with Gasteiger partial charge in [-0.1, -0.05) is 43.0 Å². The maximum absolute atomic E-state index is 4.75. The minimum atomic E-state index is 0.818. The second kappa shape index (κ2) is 6.62. The van der Waals surface area contributed by atoms with E-state index in [1.165, 1.54) is 11.1 Å². The molecule has 0 saturated heterocycles. The van der Waals surface area contributed by atoms with Crippen LogP contribution in [-0.2, 0) is 19.2 Å². The third-order valence-electron chi connectivity index (χ3n) is 3.52. The number of thiazole rings is 1. The summed E-state index contributed by atoms with van der Waals surface area (Å²) < 4.78 is 2.05. The lowest BCUT2D eigenvalue weighted by molar-refractivity contribution is 0.741. The predicted octanol–water partition coefficient (Wildman–Crippen LogP) is 4.10. The van der Waals surface area contributed by atoms with Gasteiger partial charge in [0.2, 0.25) is 0 Å². The molecule has 114 valence electrons. The average Bonchev–Trinajstić information content (AvgIpc) is 3.12. The molecule has 0 spiro atoms. The van der Waals surface area contributed by atoms with Crippen molar-refractivity contribution in [3.05, 3.63) is 46.7 Å². The van der Waals surface area contributed by atoms with Crippen LogP contribution in [0.3, 0.4) is 0 Å². The minimum absolute atomic E-state index is 0.818. The summed E-state index contributed by atoms with van der Waals surface area (Å²) in [5, 5.41) is 12.6. The largest absolute Gasteiger partial charge is 0.309 e. The van der Waals surface area contributed by atoms with Crippen LogP contribution in [0.4, 0.5) is 0 Å². The van der Waals surface area contributed by atoms with Gasteiger partial charge in [0.15, 0.2) is 5.16 Å². The highest BCUT2D eigenvalue weighted by Crippen LogP contribution is 2.29. The topological polar surface area (TPSA) is 43.6 Å². The third kappa shape index (κ3) is 3.08. The fourth-order valence-corrected chi connectivity index (χ4v) is 4.06. The molecule has 0 radical (unpaired) electrons. The average molecular weight is 330 g/mol. The van der Waals surface area contributed by atoms with Gasteiger partial charge in [-0.25, -0.2) is 4.98 Å². The van der Waals surface area contributed by atoms with Gasteiger partial charge in [0.25, 0.3) is 0 Å². The molecule has 1 aromatic carbocycles. The van der Waals surface area contributed by atoms with Crippen molar-refractivity contribution in [1.82, 2.24) is 19.7 Å². The Morgan fingerprint density at radius 3 is 2.77 bits per heavy atom. The van der Waals surface area contributed by atoms with Crippen LogP contribution in [0.25, 0.3) is 10.6 Å². The minimum Gasteiger partial charge on any atom is -0.309 e. The van der Waals surface area contributed by atoms with E-state index in [1.54, 1.807) is 23.1 Å². The Balaban J connectivity index is 1.72. The number of rotatable bonds is 5. The molecule has 2 aromatic heterocycles. The van der Waals surface area contributed by atoms with Crippen molar-refractivity contribution < 1.29 is 0 Å².